The Morgan fingerprint density at radius 3 is 1.88 bits per heavy atom. The van der Waals surface area contributed by atoms with E-state index in [0.29, 0.717) is 0 Å². The van der Waals surface area contributed by atoms with E-state index in [-0.39, 0.29) is 16.2 Å². The van der Waals surface area contributed by atoms with Crippen LogP contribution in [0.1, 0.15) is 124 Å². The molecule has 6 rings (SSSR count). The van der Waals surface area contributed by atoms with Crippen molar-refractivity contribution >= 4 is 14.9 Å². The fourth-order valence-electron chi connectivity index (χ4n) is 8.38. The summed E-state index contributed by atoms with van der Waals surface area (Å²) < 4.78 is 1.42. The molecule has 254 valence electrons. The van der Waals surface area contributed by atoms with Crippen LogP contribution in [0, 0.1) is 10.8 Å². The normalized spacial score (nSPS) is 18.4. The first-order valence-corrected chi connectivity index (χ1v) is 19.9. The van der Waals surface area contributed by atoms with Crippen LogP contribution >= 0.6 is 0 Å². The SMILES string of the molecule is CCCC1=C(CCC)C(CCC)(C(C)(C)C)C(C2=CC=CC2)=C2[C-]=c3cc(C(C)(C)C)ccc3=C21.[Zr]=[C](c1ccccc1)c1ccccc1. The fourth-order valence-corrected chi connectivity index (χ4v) is 9.19. The topological polar surface area (TPSA) is 0 Å². The first kappa shape index (κ1) is 37.4. The molecule has 1 heteroatoms. The Balaban J connectivity index is 0.000000278. The zero-order valence-corrected chi connectivity index (χ0v) is 34.1. The molecule has 0 radical (unpaired) electrons. The Morgan fingerprint density at radius 1 is 0.776 bits per heavy atom. The van der Waals surface area contributed by atoms with E-state index in [1.54, 1.807) is 16.7 Å². The average Bonchev–Trinajstić information content (AvgIpc) is 3.74. The van der Waals surface area contributed by atoms with Gasteiger partial charge in [-0.2, -0.15) is 0 Å². The Morgan fingerprint density at radius 2 is 1.39 bits per heavy atom. The van der Waals surface area contributed by atoms with Crippen LogP contribution in [0.2, 0.25) is 0 Å². The van der Waals surface area contributed by atoms with Gasteiger partial charge in [0, 0.05) is 0 Å². The summed E-state index contributed by atoms with van der Waals surface area (Å²) in [5.41, 5.74) is 13.7. The van der Waals surface area contributed by atoms with E-state index >= 15 is 0 Å². The molecule has 3 aromatic carbocycles. The molecule has 0 heterocycles. The van der Waals surface area contributed by atoms with Gasteiger partial charge in [0.1, 0.15) is 0 Å². The molecule has 0 spiro atoms. The van der Waals surface area contributed by atoms with Crippen molar-refractivity contribution in [2.24, 2.45) is 10.8 Å². The van der Waals surface area contributed by atoms with Crippen LogP contribution in [-0.2, 0) is 29.7 Å². The molecule has 1 atom stereocenters. The first-order valence-electron chi connectivity index (χ1n) is 18.7. The molecule has 3 aromatic rings. The average molecular weight is 725 g/mol. The van der Waals surface area contributed by atoms with Crippen LogP contribution < -0.4 is 10.4 Å². The van der Waals surface area contributed by atoms with Crippen molar-refractivity contribution < 1.29 is 24.2 Å². The van der Waals surface area contributed by atoms with Gasteiger partial charge in [-0.05, 0) is 41.9 Å². The van der Waals surface area contributed by atoms with Crippen LogP contribution in [0.25, 0.3) is 11.6 Å². The van der Waals surface area contributed by atoms with E-state index in [2.05, 4.69) is 165 Å². The fraction of sp³-hybridized carbons (Fsp3) is 0.396. The summed E-state index contributed by atoms with van der Waals surface area (Å²) in [6.45, 7) is 21.5. The molecule has 49 heavy (non-hydrogen) atoms. The second-order valence-corrected chi connectivity index (χ2v) is 17.3. The molecule has 3 aliphatic carbocycles. The summed E-state index contributed by atoms with van der Waals surface area (Å²) in [5.74, 6) is 0. The zero-order chi connectivity index (χ0) is 35.4. The molecule has 0 nitrogen and oxygen atoms in total. The number of rotatable bonds is 9. The van der Waals surface area contributed by atoms with Crippen molar-refractivity contribution in [3.8, 4) is 0 Å². The summed E-state index contributed by atoms with van der Waals surface area (Å²) in [6, 6.07) is 28.3. The van der Waals surface area contributed by atoms with Crippen molar-refractivity contribution in [2.45, 2.75) is 113 Å². The first-order chi connectivity index (χ1) is 23.4. The predicted octanol–water partition coefficient (Wildman–Crippen LogP) is 11.5. The number of hydrogen-bond donors (Lipinski definition) is 0. The van der Waals surface area contributed by atoms with Gasteiger partial charge in [0.2, 0.25) is 0 Å². The molecular weight excluding hydrogens is 668 g/mol. The van der Waals surface area contributed by atoms with E-state index < -0.39 is 0 Å². The molecule has 0 aliphatic heterocycles. The van der Waals surface area contributed by atoms with Crippen LogP contribution in [0.5, 0.6) is 0 Å². The maximum absolute atomic E-state index is 4.05. The van der Waals surface area contributed by atoms with E-state index in [0.717, 1.165) is 12.8 Å². The van der Waals surface area contributed by atoms with Crippen molar-refractivity contribution in [1.29, 1.82) is 0 Å². The van der Waals surface area contributed by atoms with Crippen molar-refractivity contribution in [1.82, 2.24) is 0 Å². The summed E-state index contributed by atoms with van der Waals surface area (Å²) in [4.78, 5) is 0. The summed E-state index contributed by atoms with van der Waals surface area (Å²) in [7, 11) is 0. The third kappa shape index (κ3) is 7.45. The second kappa shape index (κ2) is 15.6. The summed E-state index contributed by atoms with van der Waals surface area (Å²) in [5, 5.41) is 2.71. The third-order valence-electron chi connectivity index (χ3n) is 10.6. The standard InChI is InChI=1S/C35H47.C13H10.Zr/c1-10-15-28-30(16-11-2)35(21-12-3,34(7,8)9)32(24-17-13-14-18-24)29-23-25-22-26(33(4,5)6)19-20-27(25)31(28)29;1-3-7-12(8-4-1)11-13-9-5-2-6-10-13;/h13-14,17,19-20,22H,10-12,15-16,18,21H2,1-9H3;1-10H;/q-1;;. The third-order valence-corrected chi connectivity index (χ3v) is 12.1. The molecule has 0 bridgehead atoms. The van der Waals surface area contributed by atoms with Gasteiger partial charge in [0.25, 0.3) is 0 Å². The summed E-state index contributed by atoms with van der Waals surface area (Å²) in [6.07, 6.45) is 19.2. The quantitative estimate of drug-likeness (QED) is 0.193. The van der Waals surface area contributed by atoms with E-state index in [1.165, 1.54) is 103 Å². The van der Waals surface area contributed by atoms with Gasteiger partial charge in [0.05, 0.1) is 0 Å². The van der Waals surface area contributed by atoms with Crippen LogP contribution in [0.4, 0.5) is 0 Å². The number of benzene rings is 3. The van der Waals surface area contributed by atoms with Gasteiger partial charge in [-0.25, -0.2) is 0 Å². The predicted molar refractivity (Wildman–Crippen MR) is 210 cm³/mol. The van der Waals surface area contributed by atoms with Gasteiger partial charge in [-0.3, -0.25) is 0 Å². The second-order valence-electron chi connectivity index (χ2n) is 16.1. The molecule has 0 amide bonds. The molecule has 0 saturated carbocycles. The van der Waals surface area contributed by atoms with Gasteiger partial charge >= 0.3 is 99.2 Å². The molecule has 0 fully saturated rings. The zero-order valence-electron chi connectivity index (χ0n) is 31.7. The minimum atomic E-state index is 0.0425. The Bertz CT molecular complexity index is 1870. The van der Waals surface area contributed by atoms with Crippen LogP contribution in [0.3, 0.4) is 0 Å². The number of allylic oxidation sites excluding steroid dienone is 8. The Hall–Kier alpha value is -2.89. The molecule has 3 aliphatic rings. The number of hydrogen-bond acceptors (Lipinski definition) is 0. The van der Waals surface area contributed by atoms with Gasteiger partial charge in [0.15, 0.2) is 0 Å². The monoisotopic (exact) mass is 723 g/mol. The maximum atomic E-state index is 4.05. The van der Waals surface area contributed by atoms with Crippen LogP contribution in [-0.4, -0.2) is 3.21 Å². The van der Waals surface area contributed by atoms with E-state index in [1.807, 2.05) is 0 Å². The summed E-state index contributed by atoms with van der Waals surface area (Å²) >= 11 is 1.46. The Kier molecular flexibility index (Phi) is 11.9. The minimum absolute atomic E-state index is 0.0425. The Labute approximate surface area is 312 Å². The molecule has 0 aromatic heterocycles. The molecular formula is C48H57Zr-. The van der Waals surface area contributed by atoms with Gasteiger partial charge in [-0.15, -0.1) is 33.7 Å². The van der Waals surface area contributed by atoms with E-state index in [9.17, 15) is 0 Å². The molecule has 1 unspecified atom stereocenters. The van der Waals surface area contributed by atoms with Crippen molar-refractivity contribution in [3.05, 3.63) is 152 Å². The van der Waals surface area contributed by atoms with Crippen molar-refractivity contribution in [3.63, 3.8) is 0 Å². The van der Waals surface area contributed by atoms with Gasteiger partial charge in [-0.1, -0.05) is 140 Å². The van der Waals surface area contributed by atoms with Gasteiger partial charge < -0.3 is 0 Å². The molecule has 0 saturated heterocycles. The molecule has 0 N–H and O–H groups in total. The number of fused-ring (bicyclic) bond motifs is 2. The van der Waals surface area contributed by atoms with E-state index in [4.69, 9.17) is 0 Å². The van der Waals surface area contributed by atoms with Crippen molar-refractivity contribution in [2.75, 3.05) is 0 Å². The van der Waals surface area contributed by atoms with Crippen LogP contribution in [0.15, 0.2) is 125 Å².